The Morgan fingerprint density at radius 3 is 3.06 bits per heavy atom. The Morgan fingerprint density at radius 2 is 2.35 bits per heavy atom. The number of aromatic nitrogens is 1. The number of nitrogens with zero attached hydrogens (tertiary/aromatic N) is 1. The number of nitrogens with one attached hydrogen (secondary N) is 1. The summed E-state index contributed by atoms with van der Waals surface area (Å²) in [5.41, 5.74) is 0.261. The molecule has 0 aliphatic heterocycles. The standard InChI is InChI=1S/C12H11FN2O2/c13-11-8-9(3-5-14-11)12(16)15-6-4-10-2-1-7-17-10/h1-3,5,7-8H,4,6H2,(H,15,16). The number of rotatable bonds is 4. The smallest absolute Gasteiger partial charge is 0.251 e. The zero-order valence-corrected chi connectivity index (χ0v) is 9.02. The quantitative estimate of drug-likeness (QED) is 0.820. The Balaban J connectivity index is 1.85. The molecule has 2 heterocycles. The van der Waals surface area contributed by atoms with Gasteiger partial charge in [0, 0.05) is 30.8 Å². The molecule has 0 unspecified atom stereocenters. The number of halogens is 1. The van der Waals surface area contributed by atoms with Crippen LogP contribution >= 0.6 is 0 Å². The number of hydrogen-bond donors (Lipinski definition) is 1. The summed E-state index contributed by atoms with van der Waals surface area (Å²) in [7, 11) is 0. The van der Waals surface area contributed by atoms with Crippen molar-refractivity contribution in [2.45, 2.75) is 6.42 Å². The van der Waals surface area contributed by atoms with Crippen molar-refractivity contribution >= 4 is 5.91 Å². The molecule has 0 radical (unpaired) electrons. The SMILES string of the molecule is O=C(NCCc1ccco1)c1ccnc(F)c1. The highest BCUT2D eigenvalue weighted by Crippen LogP contribution is 2.02. The van der Waals surface area contributed by atoms with Crippen molar-refractivity contribution in [3.05, 3.63) is 54.0 Å². The number of hydrogen-bond acceptors (Lipinski definition) is 3. The minimum absolute atomic E-state index is 0.261. The van der Waals surface area contributed by atoms with Crippen molar-refractivity contribution < 1.29 is 13.6 Å². The molecule has 1 N–H and O–H groups in total. The molecule has 2 aromatic heterocycles. The first-order chi connectivity index (χ1) is 8.25. The Labute approximate surface area is 97.5 Å². The number of pyridine rings is 1. The first kappa shape index (κ1) is 11.3. The van der Waals surface area contributed by atoms with Crippen LogP contribution in [-0.2, 0) is 6.42 Å². The Kier molecular flexibility index (Phi) is 3.49. The Hall–Kier alpha value is -2.17. The second-order valence-corrected chi connectivity index (χ2v) is 3.45. The number of carbonyl (C=O) groups is 1. The monoisotopic (exact) mass is 234 g/mol. The molecule has 2 aromatic rings. The molecule has 1 amide bonds. The molecule has 2 rings (SSSR count). The normalized spacial score (nSPS) is 10.2. The highest BCUT2D eigenvalue weighted by atomic mass is 19.1. The lowest BCUT2D eigenvalue weighted by molar-refractivity contribution is 0.0953. The van der Waals surface area contributed by atoms with E-state index in [1.54, 1.807) is 12.3 Å². The fourth-order valence-electron chi connectivity index (χ4n) is 1.40. The van der Waals surface area contributed by atoms with Crippen LogP contribution in [0.2, 0.25) is 0 Å². The average molecular weight is 234 g/mol. The molecule has 0 spiro atoms. The summed E-state index contributed by atoms with van der Waals surface area (Å²) in [5, 5.41) is 2.67. The molecule has 0 aliphatic rings. The van der Waals surface area contributed by atoms with E-state index >= 15 is 0 Å². The highest BCUT2D eigenvalue weighted by molar-refractivity contribution is 5.93. The van der Waals surface area contributed by atoms with Gasteiger partial charge in [-0.3, -0.25) is 4.79 Å². The second-order valence-electron chi connectivity index (χ2n) is 3.45. The van der Waals surface area contributed by atoms with E-state index in [1.165, 1.54) is 12.3 Å². The molecule has 0 atom stereocenters. The van der Waals surface area contributed by atoms with Crippen LogP contribution in [0.5, 0.6) is 0 Å². The van der Waals surface area contributed by atoms with Gasteiger partial charge in [-0.2, -0.15) is 4.39 Å². The Bertz CT molecular complexity index is 497. The zero-order chi connectivity index (χ0) is 12.1. The lowest BCUT2D eigenvalue weighted by Gasteiger charge is -2.03. The molecule has 0 aliphatic carbocycles. The van der Waals surface area contributed by atoms with Gasteiger partial charge >= 0.3 is 0 Å². The van der Waals surface area contributed by atoms with Gasteiger partial charge in [0.05, 0.1) is 6.26 Å². The van der Waals surface area contributed by atoms with Crippen LogP contribution in [0.15, 0.2) is 41.1 Å². The van der Waals surface area contributed by atoms with E-state index in [1.807, 2.05) is 6.07 Å². The number of furan rings is 1. The van der Waals surface area contributed by atoms with E-state index in [-0.39, 0.29) is 11.5 Å². The van der Waals surface area contributed by atoms with Crippen LogP contribution in [0.25, 0.3) is 0 Å². The third-order valence-corrected chi connectivity index (χ3v) is 2.23. The van der Waals surface area contributed by atoms with E-state index in [9.17, 15) is 9.18 Å². The van der Waals surface area contributed by atoms with Gasteiger partial charge in [0.1, 0.15) is 5.76 Å². The summed E-state index contributed by atoms with van der Waals surface area (Å²) in [5.74, 6) is -0.187. The summed E-state index contributed by atoms with van der Waals surface area (Å²) in [6.45, 7) is 0.441. The predicted octanol–water partition coefficient (Wildman–Crippen LogP) is 1.79. The number of carbonyl (C=O) groups excluding carboxylic acids is 1. The lowest BCUT2D eigenvalue weighted by Crippen LogP contribution is -2.25. The van der Waals surface area contributed by atoms with Crippen LogP contribution in [0.4, 0.5) is 4.39 Å². The van der Waals surface area contributed by atoms with Gasteiger partial charge in [-0.25, -0.2) is 4.98 Å². The maximum absolute atomic E-state index is 12.8. The summed E-state index contributed by atoms with van der Waals surface area (Å²) in [6, 6.07) is 6.18. The van der Waals surface area contributed by atoms with Gasteiger partial charge in [0.2, 0.25) is 5.95 Å². The molecule has 5 heteroatoms. The zero-order valence-electron chi connectivity index (χ0n) is 9.02. The van der Waals surface area contributed by atoms with Gasteiger partial charge in [0.15, 0.2) is 0 Å². The minimum atomic E-state index is -0.663. The maximum Gasteiger partial charge on any atom is 0.251 e. The lowest BCUT2D eigenvalue weighted by atomic mass is 10.2. The van der Waals surface area contributed by atoms with E-state index in [0.717, 1.165) is 11.8 Å². The van der Waals surface area contributed by atoms with Crippen molar-refractivity contribution in [2.75, 3.05) is 6.54 Å². The molecule has 0 saturated heterocycles. The summed E-state index contributed by atoms with van der Waals surface area (Å²) in [6.07, 6.45) is 3.44. The molecule has 0 fully saturated rings. The molecular weight excluding hydrogens is 223 g/mol. The van der Waals surface area contributed by atoms with Crippen LogP contribution in [0.3, 0.4) is 0 Å². The topological polar surface area (TPSA) is 55.1 Å². The van der Waals surface area contributed by atoms with Gasteiger partial charge in [-0.15, -0.1) is 0 Å². The predicted molar refractivity (Wildman–Crippen MR) is 58.9 cm³/mol. The van der Waals surface area contributed by atoms with E-state index in [4.69, 9.17) is 4.42 Å². The fraction of sp³-hybridized carbons (Fsp3) is 0.167. The van der Waals surface area contributed by atoms with Gasteiger partial charge in [-0.05, 0) is 18.2 Å². The van der Waals surface area contributed by atoms with Gasteiger partial charge < -0.3 is 9.73 Å². The van der Waals surface area contributed by atoms with E-state index in [2.05, 4.69) is 10.3 Å². The summed E-state index contributed by atoms with van der Waals surface area (Å²) < 4.78 is 17.9. The molecule has 88 valence electrons. The van der Waals surface area contributed by atoms with Crippen LogP contribution in [-0.4, -0.2) is 17.4 Å². The Morgan fingerprint density at radius 1 is 1.47 bits per heavy atom. The van der Waals surface area contributed by atoms with Crippen LogP contribution < -0.4 is 5.32 Å². The van der Waals surface area contributed by atoms with E-state index in [0.29, 0.717) is 13.0 Å². The summed E-state index contributed by atoms with van der Waals surface area (Å²) in [4.78, 5) is 15.0. The van der Waals surface area contributed by atoms with Crippen molar-refractivity contribution in [2.24, 2.45) is 0 Å². The minimum Gasteiger partial charge on any atom is -0.469 e. The first-order valence-electron chi connectivity index (χ1n) is 5.18. The number of amides is 1. The van der Waals surface area contributed by atoms with Crippen LogP contribution in [0, 0.1) is 5.95 Å². The molecular formula is C12H11FN2O2. The fourth-order valence-corrected chi connectivity index (χ4v) is 1.40. The van der Waals surface area contributed by atoms with Crippen LogP contribution in [0.1, 0.15) is 16.1 Å². The second kappa shape index (κ2) is 5.25. The average Bonchev–Trinajstić information content (AvgIpc) is 2.82. The van der Waals surface area contributed by atoms with Crippen molar-refractivity contribution in [3.63, 3.8) is 0 Å². The van der Waals surface area contributed by atoms with Crippen molar-refractivity contribution in [3.8, 4) is 0 Å². The summed E-state index contributed by atoms with van der Waals surface area (Å²) >= 11 is 0. The van der Waals surface area contributed by atoms with Crippen molar-refractivity contribution in [1.29, 1.82) is 0 Å². The van der Waals surface area contributed by atoms with Gasteiger partial charge in [-0.1, -0.05) is 0 Å². The van der Waals surface area contributed by atoms with Gasteiger partial charge in [0.25, 0.3) is 5.91 Å². The third kappa shape index (κ3) is 3.14. The molecule has 17 heavy (non-hydrogen) atoms. The molecule has 0 saturated carbocycles. The molecule has 4 nitrogen and oxygen atoms in total. The molecule has 0 bridgehead atoms. The third-order valence-electron chi connectivity index (χ3n) is 2.23. The molecule has 0 aromatic carbocycles. The van der Waals surface area contributed by atoms with Crippen molar-refractivity contribution in [1.82, 2.24) is 10.3 Å². The van der Waals surface area contributed by atoms with E-state index < -0.39 is 5.95 Å². The maximum atomic E-state index is 12.8. The first-order valence-corrected chi connectivity index (χ1v) is 5.18. The largest absolute Gasteiger partial charge is 0.469 e. The highest BCUT2D eigenvalue weighted by Gasteiger charge is 2.06.